The number of ether oxygens (including phenoxy) is 2. The van der Waals surface area contributed by atoms with Gasteiger partial charge in [-0.25, -0.2) is 0 Å². The van der Waals surface area contributed by atoms with Crippen LogP contribution in [0.15, 0.2) is 67.0 Å². The number of halogens is 3. The van der Waals surface area contributed by atoms with Crippen LogP contribution in [0, 0.1) is 13.8 Å². The van der Waals surface area contributed by atoms with E-state index in [-0.39, 0.29) is 11.9 Å². The van der Waals surface area contributed by atoms with Crippen molar-refractivity contribution in [2.75, 3.05) is 0 Å². The first-order valence-corrected chi connectivity index (χ1v) is 9.72. The fourth-order valence-corrected chi connectivity index (χ4v) is 3.42. The predicted molar refractivity (Wildman–Crippen MR) is 109 cm³/mol. The van der Waals surface area contributed by atoms with Crippen LogP contribution in [0.2, 0.25) is 0 Å². The molecule has 0 N–H and O–H groups in total. The zero-order valence-corrected chi connectivity index (χ0v) is 16.9. The molecule has 1 atom stereocenters. The van der Waals surface area contributed by atoms with Crippen LogP contribution in [0.3, 0.4) is 0 Å². The molecule has 1 unspecified atom stereocenters. The molecule has 0 fully saturated rings. The van der Waals surface area contributed by atoms with Gasteiger partial charge in [-0.05, 0) is 61.6 Å². The average molecular weight is 415 g/mol. The Balaban J connectivity index is 1.74. The zero-order chi connectivity index (χ0) is 21.6. The second kappa shape index (κ2) is 9.76. The summed E-state index contributed by atoms with van der Waals surface area (Å²) in [7, 11) is 0. The van der Waals surface area contributed by atoms with E-state index in [2.05, 4.69) is 41.8 Å². The third kappa shape index (κ3) is 6.88. The Morgan fingerprint density at radius 3 is 2.23 bits per heavy atom. The lowest BCUT2D eigenvalue weighted by atomic mass is 9.98. The molecule has 3 nitrogen and oxygen atoms in total. The van der Waals surface area contributed by atoms with Gasteiger partial charge in [0.1, 0.15) is 5.75 Å². The molecule has 1 aromatic heterocycles. The molecule has 30 heavy (non-hydrogen) atoms. The highest BCUT2D eigenvalue weighted by molar-refractivity contribution is 5.31. The van der Waals surface area contributed by atoms with E-state index in [4.69, 9.17) is 4.74 Å². The van der Waals surface area contributed by atoms with E-state index >= 15 is 0 Å². The number of aromatic nitrogens is 1. The quantitative estimate of drug-likeness (QED) is 0.421. The van der Waals surface area contributed by atoms with Crippen LogP contribution < -0.4 is 4.74 Å². The van der Waals surface area contributed by atoms with Crippen LogP contribution >= 0.6 is 0 Å². The highest BCUT2D eigenvalue weighted by Crippen LogP contribution is 2.29. The van der Waals surface area contributed by atoms with Crippen LogP contribution in [-0.4, -0.2) is 11.3 Å². The summed E-state index contributed by atoms with van der Waals surface area (Å²) in [6.45, 7) is 4.49. The Bertz CT molecular complexity index is 921. The Morgan fingerprint density at radius 2 is 1.63 bits per heavy atom. The number of hydrogen-bond acceptors (Lipinski definition) is 3. The van der Waals surface area contributed by atoms with E-state index in [9.17, 15) is 13.2 Å². The van der Waals surface area contributed by atoms with Crippen LogP contribution in [0.1, 0.15) is 40.3 Å². The number of rotatable bonds is 8. The van der Waals surface area contributed by atoms with Crippen molar-refractivity contribution >= 4 is 0 Å². The maximum absolute atomic E-state index is 12.4. The van der Waals surface area contributed by atoms with Gasteiger partial charge in [0, 0.05) is 12.4 Å². The predicted octanol–water partition coefficient (Wildman–Crippen LogP) is 6.49. The van der Waals surface area contributed by atoms with Gasteiger partial charge in [-0.15, -0.1) is 13.2 Å². The molecule has 0 aliphatic carbocycles. The molecule has 0 aliphatic heterocycles. The molecule has 1 heterocycles. The molecule has 0 saturated carbocycles. The molecule has 0 bridgehead atoms. The standard InChI is InChI=1S/C24H24F3NO2/c1-17-12-18(2)14-19(13-17)5-10-23(29-16-20-4-3-11-28-15-20)21-6-8-22(9-7-21)30-24(25,26)27/h3-4,6-9,11-15,23H,5,10,16H2,1-2H3. The third-order valence-electron chi connectivity index (χ3n) is 4.64. The Kier molecular flexibility index (Phi) is 7.11. The minimum absolute atomic E-state index is 0.244. The highest BCUT2D eigenvalue weighted by Gasteiger charge is 2.31. The van der Waals surface area contributed by atoms with E-state index in [0.717, 1.165) is 17.5 Å². The lowest BCUT2D eigenvalue weighted by molar-refractivity contribution is -0.274. The molecule has 0 spiro atoms. The number of benzene rings is 2. The second-order valence-electron chi connectivity index (χ2n) is 7.31. The summed E-state index contributed by atoms with van der Waals surface area (Å²) in [6.07, 6.45) is -0.0579. The molecule has 0 radical (unpaired) electrons. The van der Waals surface area contributed by atoms with Crippen molar-refractivity contribution in [2.24, 2.45) is 0 Å². The van der Waals surface area contributed by atoms with Gasteiger partial charge in [0.25, 0.3) is 0 Å². The minimum Gasteiger partial charge on any atom is -0.406 e. The average Bonchev–Trinajstić information content (AvgIpc) is 2.68. The Labute approximate surface area is 174 Å². The van der Waals surface area contributed by atoms with Gasteiger partial charge in [-0.2, -0.15) is 0 Å². The maximum atomic E-state index is 12.4. The van der Waals surface area contributed by atoms with E-state index in [1.165, 1.54) is 28.8 Å². The normalized spacial score (nSPS) is 12.6. The van der Waals surface area contributed by atoms with Crippen LogP contribution in [0.4, 0.5) is 13.2 Å². The third-order valence-corrected chi connectivity index (χ3v) is 4.64. The van der Waals surface area contributed by atoms with Crippen LogP contribution in [0.25, 0.3) is 0 Å². The van der Waals surface area contributed by atoms with Crippen molar-refractivity contribution in [3.63, 3.8) is 0 Å². The summed E-state index contributed by atoms with van der Waals surface area (Å²) in [6, 6.07) is 16.1. The summed E-state index contributed by atoms with van der Waals surface area (Å²) in [5.41, 5.74) is 5.35. The molecule has 0 amide bonds. The molecule has 0 saturated heterocycles. The van der Waals surface area contributed by atoms with Gasteiger partial charge in [0.05, 0.1) is 12.7 Å². The summed E-state index contributed by atoms with van der Waals surface area (Å²) >= 11 is 0. The van der Waals surface area contributed by atoms with Crippen LogP contribution in [0.5, 0.6) is 5.75 Å². The summed E-state index contributed by atoms with van der Waals surface area (Å²) < 4.78 is 47.4. The van der Waals surface area contributed by atoms with Gasteiger partial charge >= 0.3 is 6.36 Å². The fourth-order valence-electron chi connectivity index (χ4n) is 3.42. The van der Waals surface area contributed by atoms with Gasteiger partial charge in [0.2, 0.25) is 0 Å². The lowest BCUT2D eigenvalue weighted by Crippen LogP contribution is -2.17. The minimum atomic E-state index is -4.71. The van der Waals surface area contributed by atoms with Crippen molar-refractivity contribution in [1.29, 1.82) is 0 Å². The number of hydrogen-bond donors (Lipinski definition) is 0. The Hall–Kier alpha value is -2.86. The monoisotopic (exact) mass is 415 g/mol. The number of aryl methyl sites for hydroxylation is 3. The molecule has 0 aliphatic rings. The van der Waals surface area contributed by atoms with Gasteiger partial charge in [-0.1, -0.05) is 47.5 Å². The largest absolute Gasteiger partial charge is 0.573 e. The van der Waals surface area contributed by atoms with Crippen molar-refractivity contribution in [2.45, 2.75) is 45.8 Å². The van der Waals surface area contributed by atoms with E-state index < -0.39 is 6.36 Å². The second-order valence-corrected chi connectivity index (χ2v) is 7.31. The van der Waals surface area contributed by atoms with Gasteiger partial charge in [-0.3, -0.25) is 4.98 Å². The first-order valence-electron chi connectivity index (χ1n) is 9.72. The summed E-state index contributed by atoms with van der Waals surface area (Å²) in [4.78, 5) is 4.09. The molecule has 2 aromatic carbocycles. The number of nitrogens with zero attached hydrogens (tertiary/aromatic N) is 1. The molecule has 3 aromatic rings. The molecular formula is C24H24F3NO2. The zero-order valence-electron chi connectivity index (χ0n) is 16.9. The van der Waals surface area contributed by atoms with Gasteiger partial charge in [0.15, 0.2) is 0 Å². The van der Waals surface area contributed by atoms with Crippen molar-refractivity contribution in [3.8, 4) is 5.75 Å². The maximum Gasteiger partial charge on any atom is 0.573 e. The first kappa shape index (κ1) is 21.8. The van der Waals surface area contributed by atoms with E-state index in [0.29, 0.717) is 13.0 Å². The summed E-state index contributed by atoms with van der Waals surface area (Å²) in [5.74, 6) is -0.244. The molecular weight excluding hydrogens is 391 g/mol. The number of pyridine rings is 1. The molecule has 6 heteroatoms. The Morgan fingerprint density at radius 1 is 0.933 bits per heavy atom. The molecule has 158 valence electrons. The van der Waals surface area contributed by atoms with E-state index in [1.54, 1.807) is 24.5 Å². The summed E-state index contributed by atoms with van der Waals surface area (Å²) in [5, 5.41) is 0. The smallest absolute Gasteiger partial charge is 0.406 e. The SMILES string of the molecule is Cc1cc(C)cc(CCC(OCc2cccnc2)c2ccc(OC(F)(F)F)cc2)c1. The highest BCUT2D eigenvalue weighted by atomic mass is 19.4. The van der Waals surface area contributed by atoms with Crippen LogP contribution in [-0.2, 0) is 17.8 Å². The van der Waals surface area contributed by atoms with E-state index in [1.807, 2.05) is 12.1 Å². The topological polar surface area (TPSA) is 31.4 Å². The fraction of sp³-hybridized carbons (Fsp3) is 0.292. The lowest BCUT2D eigenvalue weighted by Gasteiger charge is -2.19. The van der Waals surface area contributed by atoms with Gasteiger partial charge < -0.3 is 9.47 Å². The van der Waals surface area contributed by atoms with Crippen molar-refractivity contribution in [3.05, 3.63) is 94.8 Å². The first-order chi connectivity index (χ1) is 14.3. The van der Waals surface area contributed by atoms with Crippen molar-refractivity contribution < 1.29 is 22.6 Å². The van der Waals surface area contributed by atoms with Crippen molar-refractivity contribution in [1.82, 2.24) is 4.98 Å². The number of alkyl halides is 3. The molecule has 3 rings (SSSR count).